The molecule has 0 unspecified atom stereocenters. The maximum atomic E-state index is 12.0. The first kappa shape index (κ1) is 27.4. The monoisotopic (exact) mass is 548 g/mol. The highest BCUT2D eigenvalue weighted by Crippen LogP contribution is 2.48. The average Bonchev–Trinajstić information content (AvgIpc) is 3.73. The van der Waals surface area contributed by atoms with Gasteiger partial charge in [-0.25, -0.2) is 8.42 Å². The van der Waals surface area contributed by atoms with Crippen LogP contribution in [0, 0.1) is 5.92 Å². The molecule has 3 aromatic carbocycles. The van der Waals surface area contributed by atoms with Crippen molar-refractivity contribution in [3.8, 4) is 16.9 Å². The summed E-state index contributed by atoms with van der Waals surface area (Å²) in [6, 6.07) is 21.3. The van der Waals surface area contributed by atoms with Gasteiger partial charge < -0.3 is 14.2 Å². The normalized spacial score (nSPS) is 18.0. The van der Waals surface area contributed by atoms with Crippen LogP contribution in [0.4, 0.5) is 0 Å². The molecule has 0 bridgehead atoms. The van der Waals surface area contributed by atoms with Gasteiger partial charge >= 0.3 is 5.97 Å². The molecule has 6 nitrogen and oxygen atoms in total. The van der Waals surface area contributed by atoms with Crippen LogP contribution in [-0.4, -0.2) is 39.6 Å². The smallest absolute Gasteiger partial charge is 0.309 e. The van der Waals surface area contributed by atoms with Crippen LogP contribution in [0.5, 0.6) is 5.75 Å². The van der Waals surface area contributed by atoms with Crippen molar-refractivity contribution in [3.63, 3.8) is 0 Å². The summed E-state index contributed by atoms with van der Waals surface area (Å²) in [6.45, 7) is 3.71. The second kappa shape index (κ2) is 11.9. The van der Waals surface area contributed by atoms with E-state index in [2.05, 4.69) is 48.5 Å². The zero-order valence-electron chi connectivity index (χ0n) is 22.6. The van der Waals surface area contributed by atoms with Gasteiger partial charge in [-0.05, 0) is 89.6 Å². The van der Waals surface area contributed by atoms with Crippen LogP contribution >= 0.6 is 0 Å². The second-order valence-electron chi connectivity index (χ2n) is 10.6. The van der Waals surface area contributed by atoms with Gasteiger partial charge in [-0.1, -0.05) is 48.5 Å². The highest BCUT2D eigenvalue weighted by atomic mass is 32.2. The summed E-state index contributed by atoms with van der Waals surface area (Å²) in [7, 11) is -2.98. The molecule has 1 aliphatic heterocycles. The lowest BCUT2D eigenvalue weighted by molar-refractivity contribution is -0.144. The Kier molecular flexibility index (Phi) is 8.38. The largest absolute Gasteiger partial charge is 0.494 e. The van der Waals surface area contributed by atoms with Gasteiger partial charge in [0.1, 0.15) is 15.6 Å². The van der Waals surface area contributed by atoms with Crippen molar-refractivity contribution in [2.24, 2.45) is 5.92 Å². The summed E-state index contributed by atoms with van der Waals surface area (Å²) in [5, 5.41) is 0. The minimum Gasteiger partial charge on any atom is -0.494 e. The van der Waals surface area contributed by atoms with E-state index >= 15 is 0 Å². The summed E-state index contributed by atoms with van der Waals surface area (Å²) in [5.74, 6) is 1.09. The molecule has 1 heterocycles. The number of carbonyl (C=O) groups is 1. The van der Waals surface area contributed by atoms with E-state index in [-0.39, 0.29) is 17.6 Å². The van der Waals surface area contributed by atoms with E-state index in [1.165, 1.54) is 34.1 Å². The number of hydrogen-bond donors (Lipinski definition) is 0. The fourth-order valence-electron chi connectivity index (χ4n) is 5.27. The molecule has 206 valence electrons. The fourth-order valence-corrected chi connectivity index (χ4v) is 5.92. The predicted molar refractivity (Wildman–Crippen MR) is 152 cm³/mol. The van der Waals surface area contributed by atoms with Crippen molar-refractivity contribution in [1.82, 2.24) is 0 Å². The molecule has 1 aliphatic carbocycles. The minimum atomic E-state index is -2.98. The van der Waals surface area contributed by atoms with E-state index in [0.29, 0.717) is 38.8 Å². The Morgan fingerprint density at radius 1 is 0.923 bits per heavy atom. The van der Waals surface area contributed by atoms with Gasteiger partial charge in [0.15, 0.2) is 0 Å². The first-order valence-corrected chi connectivity index (χ1v) is 15.8. The molecule has 0 aromatic heterocycles. The molecule has 0 radical (unpaired) electrons. The molecule has 0 N–H and O–H groups in total. The van der Waals surface area contributed by atoms with Gasteiger partial charge in [-0.15, -0.1) is 0 Å². The highest BCUT2D eigenvalue weighted by molar-refractivity contribution is 7.90. The minimum absolute atomic E-state index is 0.0183. The fraction of sp³-hybridized carbons (Fsp3) is 0.406. The van der Waals surface area contributed by atoms with Gasteiger partial charge in [0, 0.05) is 6.26 Å². The third-order valence-electron chi connectivity index (χ3n) is 7.47. The molecular weight excluding hydrogens is 512 g/mol. The second-order valence-corrected chi connectivity index (χ2v) is 12.8. The van der Waals surface area contributed by atoms with Crippen LogP contribution in [0.3, 0.4) is 0 Å². The summed E-state index contributed by atoms with van der Waals surface area (Å²) in [5.41, 5.74) is 8.36. The number of carbonyl (C=O) groups excluding carboxylic acids is 1. The Morgan fingerprint density at radius 3 is 2.44 bits per heavy atom. The van der Waals surface area contributed by atoms with E-state index in [1.807, 2.05) is 19.1 Å². The number of esters is 1. The van der Waals surface area contributed by atoms with Gasteiger partial charge in [-0.3, -0.25) is 4.79 Å². The van der Waals surface area contributed by atoms with Crippen LogP contribution in [0.25, 0.3) is 11.1 Å². The van der Waals surface area contributed by atoms with Gasteiger partial charge in [0.25, 0.3) is 0 Å². The molecule has 0 amide bonds. The number of benzene rings is 3. The molecular formula is C32H36O6S. The van der Waals surface area contributed by atoms with Crippen LogP contribution < -0.4 is 4.74 Å². The molecule has 1 fully saturated rings. The number of sulfone groups is 1. The van der Waals surface area contributed by atoms with Crippen molar-refractivity contribution >= 4 is 15.8 Å². The van der Waals surface area contributed by atoms with Gasteiger partial charge in [-0.2, -0.15) is 0 Å². The molecule has 0 spiro atoms. The molecule has 39 heavy (non-hydrogen) atoms. The first-order valence-electron chi connectivity index (χ1n) is 13.7. The Morgan fingerprint density at radius 2 is 1.67 bits per heavy atom. The molecule has 5 rings (SSSR count). The van der Waals surface area contributed by atoms with Gasteiger partial charge in [0.2, 0.25) is 0 Å². The molecule has 2 aliphatic rings. The lowest BCUT2D eigenvalue weighted by atomic mass is 9.93. The Balaban J connectivity index is 1.22. The summed E-state index contributed by atoms with van der Waals surface area (Å²) >= 11 is 0. The van der Waals surface area contributed by atoms with Crippen LogP contribution in [0.1, 0.15) is 53.5 Å². The predicted octanol–water partition coefficient (Wildman–Crippen LogP) is 5.65. The van der Waals surface area contributed by atoms with E-state index in [9.17, 15) is 13.2 Å². The van der Waals surface area contributed by atoms with E-state index in [1.54, 1.807) is 0 Å². The molecule has 7 heteroatoms. The van der Waals surface area contributed by atoms with E-state index in [4.69, 9.17) is 14.2 Å². The summed E-state index contributed by atoms with van der Waals surface area (Å²) < 4.78 is 39.6. The Labute approximate surface area is 231 Å². The SMILES string of the molecule is CCOC(=O)[C@H]1C[C@@H]1c1ccc(CCc2ccc3c(c2)-c2ccc(OCCCS(C)(=O)=O)cc2COC3)cc1. The topological polar surface area (TPSA) is 78.9 Å². The molecule has 1 saturated carbocycles. The number of fused-ring (bicyclic) bond motifs is 3. The zero-order chi connectivity index (χ0) is 27.4. The third kappa shape index (κ3) is 7.08. The number of ether oxygens (including phenoxy) is 3. The van der Waals surface area contributed by atoms with Crippen molar-refractivity contribution in [2.45, 2.75) is 51.7 Å². The Bertz CT molecular complexity index is 1430. The zero-order valence-corrected chi connectivity index (χ0v) is 23.5. The number of hydrogen-bond acceptors (Lipinski definition) is 6. The third-order valence-corrected chi connectivity index (χ3v) is 8.50. The number of aryl methyl sites for hydroxylation is 2. The molecule has 2 atom stereocenters. The lowest BCUT2D eigenvalue weighted by Crippen LogP contribution is -2.08. The standard InChI is InChI=1S/C32H36O6S/c1-3-37-32(33)31-19-30(31)24-10-7-22(8-11-24)5-6-23-9-12-25-20-36-21-26-18-27(13-14-28(26)29(25)17-23)38-15-4-16-39(2,34)35/h7-14,17-18,30-31H,3-6,15-16,19-21H2,1-2H3/t30-,31+/m1/s1. The van der Waals surface area contributed by atoms with Crippen LogP contribution in [0.2, 0.25) is 0 Å². The van der Waals surface area contributed by atoms with Crippen molar-refractivity contribution < 1.29 is 27.4 Å². The maximum Gasteiger partial charge on any atom is 0.309 e. The summed E-state index contributed by atoms with van der Waals surface area (Å²) in [6.07, 6.45) is 4.46. The first-order chi connectivity index (χ1) is 18.8. The summed E-state index contributed by atoms with van der Waals surface area (Å²) in [4.78, 5) is 12.0. The van der Waals surface area contributed by atoms with Crippen LogP contribution in [-0.2, 0) is 50.2 Å². The van der Waals surface area contributed by atoms with Crippen molar-refractivity contribution in [1.29, 1.82) is 0 Å². The van der Waals surface area contributed by atoms with E-state index in [0.717, 1.165) is 36.1 Å². The van der Waals surface area contributed by atoms with Crippen LogP contribution in [0.15, 0.2) is 60.7 Å². The van der Waals surface area contributed by atoms with Gasteiger partial charge in [0.05, 0.1) is 38.1 Å². The Hall–Kier alpha value is -3.16. The molecule has 3 aromatic rings. The average molecular weight is 549 g/mol. The maximum absolute atomic E-state index is 12.0. The quantitative estimate of drug-likeness (QED) is 0.228. The van der Waals surface area contributed by atoms with Crippen molar-refractivity contribution in [2.75, 3.05) is 25.2 Å². The highest BCUT2D eigenvalue weighted by Gasteiger charge is 2.45. The number of rotatable bonds is 11. The lowest BCUT2D eigenvalue weighted by Gasteiger charge is -2.13. The van der Waals surface area contributed by atoms with Crippen molar-refractivity contribution in [3.05, 3.63) is 88.5 Å². The molecule has 0 saturated heterocycles. The van der Waals surface area contributed by atoms with E-state index < -0.39 is 9.84 Å².